The molecule has 0 spiro atoms. The number of likely N-dealkylation sites (tertiary alicyclic amines) is 1. The number of rotatable bonds is 5. The molecule has 1 aromatic carbocycles. The zero-order chi connectivity index (χ0) is 21.0. The summed E-state index contributed by atoms with van der Waals surface area (Å²) < 4.78 is 12.0. The number of hydrogen-bond donors (Lipinski definition) is 0. The summed E-state index contributed by atoms with van der Waals surface area (Å²) in [4.78, 5) is 29.6. The number of carbonyl (C=O) groups excluding carboxylic acids is 2. The average molecular weight is 396 g/mol. The van der Waals surface area contributed by atoms with Crippen LogP contribution in [0.5, 0.6) is 0 Å². The number of esters is 1. The van der Waals surface area contributed by atoms with E-state index in [2.05, 4.69) is 16.7 Å². The van der Waals surface area contributed by atoms with E-state index in [1.54, 1.807) is 26.8 Å². The second kappa shape index (κ2) is 8.30. The number of nitrogens with zero attached hydrogens (tertiary/aromatic N) is 4. The lowest BCUT2D eigenvalue weighted by Crippen LogP contribution is -2.56. The van der Waals surface area contributed by atoms with E-state index in [9.17, 15) is 9.59 Å². The Balaban J connectivity index is 1.49. The molecule has 0 unspecified atom stereocenters. The van der Waals surface area contributed by atoms with Crippen LogP contribution >= 0.6 is 0 Å². The first-order valence-electron chi connectivity index (χ1n) is 9.24. The second-order valence-corrected chi connectivity index (χ2v) is 7.64. The molecule has 152 valence electrons. The Morgan fingerprint density at radius 3 is 2.72 bits per heavy atom. The maximum atomic E-state index is 12.0. The van der Waals surface area contributed by atoms with Crippen molar-refractivity contribution >= 4 is 24.3 Å². The largest absolute Gasteiger partial charge is 0.455 e. The van der Waals surface area contributed by atoms with Crippen LogP contribution in [0.25, 0.3) is 23.7 Å². The fraction of sp³-hybridized carbons (Fsp3) is 0.333. The number of ether oxygens (including phenoxy) is 2. The van der Waals surface area contributed by atoms with Gasteiger partial charge in [0.25, 0.3) is 0 Å². The van der Waals surface area contributed by atoms with Crippen LogP contribution in [0.3, 0.4) is 0 Å². The quantitative estimate of drug-likeness (QED) is 0.570. The molecule has 2 aromatic rings. The molecule has 2 heterocycles. The van der Waals surface area contributed by atoms with Crippen molar-refractivity contribution in [3.8, 4) is 11.4 Å². The van der Waals surface area contributed by atoms with Gasteiger partial charge in [0.05, 0.1) is 13.1 Å². The number of aromatic nitrogens is 3. The Kier molecular flexibility index (Phi) is 5.81. The van der Waals surface area contributed by atoms with Crippen LogP contribution in [-0.4, -0.2) is 56.5 Å². The molecule has 1 fully saturated rings. The zero-order valence-electron chi connectivity index (χ0n) is 16.7. The van der Waals surface area contributed by atoms with E-state index in [1.807, 2.05) is 24.3 Å². The highest BCUT2D eigenvalue weighted by atomic mass is 16.6. The summed E-state index contributed by atoms with van der Waals surface area (Å²) >= 11 is 0. The maximum Gasteiger partial charge on any atom is 0.410 e. The summed E-state index contributed by atoms with van der Waals surface area (Å²) in [6.45, 7) is 9.80. The van der Waals surface area contributed by atoms with Crippen molar-refractivity contribution in [1.82, 2.24) is 19.7 Å². The van der Waals surface area contributed by atoms with Gasteiger partial charge < -0.3 is 14.4 Å². The first-order chi connectivity index (χ1) is 13.7. The summed E-state index contributed by atoms with van der Waals surface area (Å²) in [5, 5.41) is 4.32. The molecule has 1 saturated heterocycles. The molecule has 0 saturated carbocycles. The van der Waals surface area contributed by atoms with Crippen LogP contribution in [-0.2, 0) is 14.3 Å². The second-order valence-electron chi connectivity index (χ2n) is 7.64. The Morgan fingerprint density at radius 1 is 1.28 bits per heavy atom. The molecule has 1 aromatic heterocycles. The third kappa shape index (κ3) is 5.54. The van der Waals surface area contributed by atoms with Crippen LogP contribution < -0.4 is 0 Å². The third-order valence-corrected chi connectivity index (χ3v) is 4.03. The van der Waals surface area contributed by atoms with Crippen LogP contribution in [0.15, 0.2) is 43.2 Å². The molecule has 0 N–H and O–H groups in total. The van der Waals surface area contributed by atoms with E-state index in [0.717, 1.165) is 11.1 Å². The Labute approximate surface area is 169 Å². The van der Waals surface area contributed by atoms with E-state index in [4.69, 9.17) is 9.47 Å². The van der Waals surface area contributed by atoms with Crippen LogP contribution in [0.4, 0.5) is 4.79 Å². The minimum absolute atomic E-state index is 0.321. The van der Waals surface area contributed by atoms with Gasteiger partial charge >= 0.3 is 12.1 Å². The molecule has 29 heavy (non-hydrogen) atoms. The molecule has 0 aliphatic carbocycles. The minimum Gasteiger partial charge on any atom is -0.455 e. The molecule has 0 bridgehead atoms. The zero-order valence-corrected chi connectivity index (χ0v) is 16.7. The SMILES string of the molecule is C=Cc1cccc(-c2ncn(C=CC(=O)OC3CN(C(=O)OC(C)(C)C)C3)n2)c1. The summed E-state index contributed by atoms with van der Waals surface area (Å²) in [5.41, 5.74) is 1.28. The van der Waals surface area contributed by atoms with Gasteiger partial charge in [-0.25, -0.2) is 19.3 Å². The topological polar surface area (TPSA) is 86.6 Å². The number of hydrogen-bond acceptors (Lipinski definition) is 6. The summed E-state index contributed by atoms with van der Waals surface area (Å²) in [5.74, 6) is 0.0308. The van der Waals surface area contributed by atoms with Crippen molar-refractivity contribution in [3.05, 3.63) is 48.8 Å². The summed E-state index contributed by atoms with van der Waals surface area (Å²) in [6, 6.07) is 7.67. The highest BCUT2D eigenvalue weighted by Gasteiger charge is 2.35. The van der Waals surface area contributed by atoms with Crippen molar-refractivity contribution < 1.29 is 19.1 Å². The lowest BCUT2D eigenvalue weighted by Gasteiger charge is -2.38. The lowest BCUT2D eigenvalue weighted by atomic mass is 10.1. The smallest absolute Gasteiger partial charge is 0.410 e. The lowest BCUT2D eigenvalue weighted by molar-refractivity contribution is -0.150. The van der Waals surface area contributed by atoms with Crippen molar-refractivity contribution in [2.75, 3.05) is 13.1 Å². The van der Waals surface area contributed by atoms with Gasteiger partial charge in [-0.2, -0.15) is 0 Å². The van der Waals surface area contributed by atoms with Crippen LogP contribution in [0.2, 0.25) is 0 Å². The first kappa shape index (κ1) is 20.3. The average Bonchev–Trinajstić information content (AvgIpc) is 3.10. The normalized spacial score (nSPS) is 14.5. The van der Waals surface area contributed by atoms with E-state index in [1.165, 1.54) is 28.2 Å². The molecule has 1 amide bonds. The van der Waals surface area contributed by atoms with E-state index in [0.29, 0.717) is 18.9 Å². The van der Waals surface area contributed by atoms with Gasteiger partial charge in [0.2, 0.25) is 0 Å². The van der Waals surface area contributed by atoms with Crippen molar-refractivity contribution in [3.63, 3.8) is 0 Å². The number of benzene rings is 1. The van der Waals surface area contributed by atoms with Gasteiger partial charge in [-0.15, -0.1) is 5.10 Å². The van der Waals surface area contributed by atoms with Gasteiger partial charge in [0.1, 0.15) is 18.0 Å². The molecule has 8 heteroatoms. The standard InChI is InChI=1S/C21H24N4O4/c1-5-15-7-6-8-16(11-15)19-22-14-25(23-19)10-9-18(26)28-17-12-24(13-17)20(27)29-21(2,3)4/h5-11,14,17H,1,12-13H2,2-4H3. The van der Waals surface area contributed by atoms with Gasteiger partial charge in [-0.3, -0.25) is 0 Å². The summed E-state index contributed by atoms with van der Waals surface area (Å²) in [7, 11) is 0. The van der Waals surface area contributed by atoms with Gasteiger partial charge in [0, 0.05) is 17.8 Å². The van der Waals surface area contributed by atoms with E-state index >= 15 is 0 Å². The Bertz CT molecular complexity index is 936. The number of carbonyl (C=O) groups is 2. The maximum absolute atomic E-state index is 12.0. The molecule has 1 aliphatic heterocycles. The van der Waals surface area contributed by atoms with Crippen molar-refractivity contribution in [2.45, 2.75) is 32.5 Å². The Morgan fingerprint density at radius 2 is 2.03 bits per heavy atom. The molecule has 3 rings (SSSR count). The van der Waals surface area contributed by atoms with Gasteiger partial charge in [-0.1, -0.05) is 30.9 Å². The van der Waals surface area contributed by atoms with Gasteiger partial charge in [-0.05, 0) is 32.4 Å². The van der Waals surface area contributed by atoms with E-state index in [-0.39, 0.29) is 6.10 Å². The van der Waals surface area contributed by atoms with E-state index < -0.39 is 17.7 Å². The van der Waals surface area contributed by atoms with Crippen LogP contribution in [0.1, 0.15) is 26.3 Å². The van der Waals surface area contributed by atoms with Crippen molar-refractivity contribution in [1.29, 1.82) is 0 Å². The van der Waals surface area contributed by atoms with Crippen LogP contribution in [0, 0.1) is 0 Å². The summed E-state index contributed by atoms with van der Waals surface area (Å²) in [6.07, 6.45) is 5.26. The number of amides is 1. The fourth-order valence-corrected chi connectivity index (χ4v) is 2.61. The molecular weight excluding hydrogens is 372 g/mol. The highest BCUT2D eigenvalue weighted by Crippen LogP contribution is 2.18. The third-order valence-electron chi connectivity index (χ3n) is 4.03. The molecular formula is C21H24N4O4. The van der Waals surface area contributed by atoms with Crippen molar-refractivity contribution in [2.24, 2.45) is 0 Å². The first-order valence-corrected chi connectivity index (χ1v) is 9.24. The predicted octanol–water partition coefficient (Wildman–Crippen LogP) is 3.22. The monoisotopic (exact) mass is 396 g/mol. The molecule has 1 aliphatic rings. The fourth-order valence-electron chi connectivity index (χ4n) is 2.61. The van der Waals surface area contributed by atoms with Gasteiger partial charge in [0.15, 0.2) is 5.82 Å². The predicted molar refractivity (Wildman–Crippen MR) is 109 cm³/mol. The Hall–Kier alpha value is -3.42. The highest BCUT2D eigenvalue weighted by molar-refractivity contribution is 5.85. The molecule has 8 nitrogen and oxygen atoms in total. The molecule has 0 radical (unpaired) electrons. The molecule has 0 atom stereocenters. The minimum atomic E-state index is -0.550.